The number of carbonyl (C=O) groups is 2. The number of carbonyl (C=O) groups excluding carboxylic acids is 2. The first kappa shape index (κ1) is 18.4. The number of hydrogen-bond acceptors (Lipinski definition) is 4. The number of sulfonamides is 1. The van der Waals surface area contributed by atoms with Crippen LogP contribution in [-0.4, -0.2) is 20.1 Å². The molecule has 0 unspecified atom stereocenters. The molecule has 0 aliphatic heterocycles. The van der Waals surface area contributed by atoms with Gasteiger partial charge in [-0.25, -0.2) is 13.1 Å². The summed E-state index contributed by atoms with van der Waals surface area (Å²) < 4.78 is 26.9. The molecule has 1 amide bonds. The zero-order valence-electron chi connectivity index (χ0n) is 13.5. The van der Waals surface area contributed by atoms with Crippen LogP contribution < -0.4 is 4.72 Å². The quantitative estimate of drug-likeness (QED) is 0.782. The van der Waals surface area contributed by atoms with E-state index in [1.807, 2.05) is 6.92 Å². The Morgan fingerprint density at radius 1 is 1.27 bits per heavy atom. The summed E-state index contributed by atoms with van der Waals surface area (Å²) >= 11 is 0. The Morgan fingerprint density at radius 2 is 1.91 bits per heavy atom. The maximum absolute atomic E-state index is 12.4. The average Bonchev–Trinajstić information content (AvgIpc) is 2.44. The van der Waals surface area contributed by atoms with Gasteiger partial charge in [0.25, 0.3) is 10.0 Å². The summed E-state index contributed by atoms with van der Waals surface area (Å²) in [4.78, 5) is 23.4. The highest BCUT2D eigenvalue weighted by Crippen LogP contribution is 2.18. The predicted molar refractivity (Wildman–Crippen MR) is 85.2 cm³/mol. The van der Waals surface area contributed by atoms with Gasteiger partial charge in [-0.05, 0) is 31.9 Å². The Hall–Kier alpha value is -1.69. The van der Waals surface area contributed by atoms with Crippen LogP contribution in [-0.2, 0) is 14.8 Å². The third-order valence-electron chi connectivity index (χ3n) is 3.56. The normalized spacial score (nSPS) is 12.7. The summed E-state index contributed by atoms with van der Waals surface area (Å²) in [5.74, 6) is -1.11. The fraction of sp³-hybridized carbons (Fsp3) is 0.500. The van der Waals surface area contributed by atoms with E-state index >= 15 is 0 Å². The van der Waals surface area contributed by atoms with Gasteiger partial charge < -0.3 is 0 Å². The van der Waals surface area contributed by atoms with Gasteiger partial charge in [0.2, 0.25) is 5.91 Å². The molecule has 1 aromatic carbocycles. The fourth-order valence-corrected chi connectivity index (χ4v) is 3.39. The molecule has 0 bridgehead atoms. The molecule has 0 aromatic heterocycles. The topological polar surface area (TPSA) is 80.3 Å². The van der Waals surface area contributed by atoms with Crippen LogP contribution in [0.5, 0.6) is 0 Å². The average molecular weight is 325 g/mol. The molecular formula is C16H23NO4S. The number of unbranched alkanes of at least 4 members (excludes halogenated alkanes) is 1. The van der Waals surface area contributed by atoms with Crippen LogP contribution in [0.2, 0.25) is 0 Å². The zero-order chi connectivity index (χ0) is 16.9. The van der Waals surface area contributed by atoms with Crippen LogP contribution in [0.15, 0.2) is 23.1 Å². The first-order chi connectivity index (χ1) is 10.2. The van der Waals surface area contributed by atoms with E-state index < -0.39 is 15.9 Å². The Bertz CT molecular complexity index is 665. The monoisotopic (exact) mass is 325 g/mol. The lowest BCUT2D eigenvalue weighted by molar-refractivity contribution is -0.122. The van der Waals surface area contributed by atoms with Crippen molar-refractivity contribution in [2.24, 2.45) is 5.92 Å². The van der Waals surface area contributed by atoms with Crippen molar-refractivity contribution >= 4 is 21.7 Å². The Morgan fingerprint density at radius 3 is 2.45 bits per heavy atom. The van der Waals surface area contributed by atoms with Gasteiger partial charge in [0, 0.05) is 11.5 Å². The number of ketones is 1. The molecule has 1 N–H and O–H groups in total. The van der Waals surface area contributed by atoms with Gasteiger partial charge in [0.05, 0.1) is 4.90 Å². The lowest BCUT2D eigenvalue weighted by atomic mass is 10.0. The van der Waals surface area contributed by atoms with Crippen molar-refractivity contribution < 1.29 is 18.0 Å². The summed E-state index contributed by atoms with van der Waals surface area (Å²) in [5.41, 5.74) is 0.795. The van der Waals surface area contributed by atoms with Gasteiger partial charge in [0.1, 0.15) is 0 Å². The molecule has 6 heteroatoms. The molecule has 122 valence electrons. The summed E-state index contributed by atoms with van der Waals surface area (Å²) in [7, 11) is -3.97. The van der Waals surface area contributed by atoms with Crippen LogP contribution >= 0.6 is 0 Å². The van der Waals surface area contributed by atoms with Crippen molar-refractivity contribution in [1.29, 1.82) is 0 Å². The lowest BCUT2D eigenvalue weighted by Crippen LogP contribution is -2.35. The van der Waals surface area contributed by atoms with E-state index in [0.717, 1.165) is 12.8 Å². The summed E-state index contributed by atoms with van der Waals surface area (Å²) in [6.45, 7) is 6.72. The minimum Gasteiger partial charge on any atom is -0.295 e. The van der Waals surface area contributed by atoms with Crippen molar-refractivity contribution in [3.05, 3.63) is 29.3 Å². The van der Waals surface area contributed by atoms with E-state index in [1.54, 1.807) is 26.0 Å². The van der Waals surface area contributed by atoms with E-state index in [2.05, 4.69) is 4.72 Å². The molecule has 1 rings (SSSR count). The molecule has 5 nitrogen and oxygen atoms in total. The van der Waals surface area contributed by atoms with Gasteiger partial charge in [-0.2, -0.15) is 0 Å². The summed E-state index contributed by atoms with van der Waals surface area (Å²) in [6, 6.07) is 4.45. The highest BCUT2D eigenvalue weighted by molar-refractivity contribution is 7.90. The van der Waals surface area contributed by atoms with E-state index in [-0.39, 0.29) is 16.6 Å². The molecule has 22 heavy (non-hydrogen) atoms. The molecule has 1 aromatic rings. The first-order valence-electron chi connectivity index (χ1n) is 7.37. The highest BCUT2D eigenvalue weighted by atomic mass is 32.2. The minimum atomic E-state index is -3.97. The molecule has 0 spiro atoms. The van der Waals surface area contributed by atoms with Gasteiger partial charge in [0.15, 0.2) is 5.78 Å². The number of nitrogens with one attached hydrogen (secondary N) is 1. The van der Waals surface area contributed by atoms with Crippen molar-refractivity contribution in [1.82, 2.24) is 4.72 Å². The van der Waals surface area contributed by atoms with Crippen LogP contribution in [0.4, 0.5) is 0 Å². The molecule has 1 atom stereocenters. The van der Waals surface area contributed by atoms with Crippen molar-refractivity contribution in [2.45, 2.75) is 51.9 Å². The SMILES string of the molecule is CCCC[C@H](C)C(=O)NS(=O)(=O)c1cc(C(C)=O)ccc1C. The fourth-order valence-electron chi connectivity index (χ4n) is 2.04. The molecule has 0 saturated heterocycles. The first-order valence-corrected chi connectivity index (χ1v) is 8.85. The van der Waals surface area contributed by atoms with E-state index in [9.17, 15) is 18.0 Å². The smallest absolute Gasteiger partial charge is 0.264 e. The molecule has 0 fully saturated rings. The van der Waals surface area contributed by atoms with Crippen LogP contribution in [0.3, 0.4) is 0 Å². The Balaban J connectivity index is 3.02. The molecule has 0 aliphatic carbocycles. The molecule has 0 heterocycles. The van der Waals surface area contributed by atoms with Crippen molar-refractivity contribution in [3.63, 3.8) is 0 Å². The third kappa shape index (κ3) is 4.66. The van der Waals surface area contributed by atoms with Crippen LogP contribution in [0.1, 0.15) is 56.0 Å². The minimum absolute atomic E-state index is 0.0313. The lowest BCUT2D eigenvalue weighted by Gasteiger charge is -2.14. The molecular weight excluding hydrogens is 302 g/mol. The Labute approximate surface area is 132 Å². The van der Waals surface area contributed by atoms with Gasteiger partial charge in [-0.15, -0.1) is 0 Å². The Kier molecular flexibility index (Phi) is 6.29. The summed E-state index contributed by atoms with van der Waals surface area (Å²) in [6.07, 6.45) is 2.46. The molecule has 0 aliphatic rings. The van der Waals surface area contributed by atoms with E-state index in [4.69, 9.17) is 0 Å². The van der Waals surface area contributed by atoms with Gasteiger partial charge in [-0.3, -0.25) is 9.59 Å². The maximum atomic E-state index is 12.4. The number of benzene rings is 1. The van der Waals surface area contributed by atoms with Crippen molar-refractivity contribution in [3.8, 4) is 0 Å². The summed E-state index contributed by atoms with van der Waals surface area (Å²) in [5, 5.41) is 0. The number of rotatable bonds is 7. The predicted octanol–water partition coefficient (Wildman–Crippen LogP) is 2.83. The largest absolute Gasteiger partial charge is 0.295 e. The second-order valence-electron chi connectivity index (χ2n) is 5.55. The van der Waals surface area contributed by atoms with E-state index in [1.165, 1.54) is 13.0 Å². The van der Waals surface area contributed by atoms with Crippen LogP contribution in [0.25, 0.3) is 0 Å². The van der Waals surface area contributed by atoms with E-state index in [0.29, 0.717) is 17.5 Å². The maximum Gasteiger partial charge on any atom is 0.264 e. The number of Topliss-reactive ketones (excluding diaryl/α,β-unsaturated/α-hetero) is 1. The van der Waals surface area contributed by atoms with Gasteiger partial charge in [-0.1, -0.05) is 38.8 Å². The number of hydrogen-bond donors (Lipinski definition) is 1. The highest BCUT2D eigenvalue weighted by Gasteiger charge is 2.23. The second-order valence-corrected chi connectivity index (χ2v) is 7.20. The molecule has 0 saturated carbocycles. The number of aryl methyl sites for hydroxylation is 1. The third-order valence-corrected chi connectivity index (χ3v) is 5.05. The van der Waals surface area contributed by atoms with Crippen molar-refractivity contribution in [2.75, 3.05) is 0 Å². The second kappa shape index (κ2) is 7.54. The van der Waals surface area contributed by atoms with Crippen LogP contribution in [0, 0.1) is 12.8 Å². The number of amides is 1. The molecule has 0 radical (unpaired) electrons. The zero-order valence-corrected chi connectivity index (χ0v) is 14.3. The van der Waals surface area contributed by atoms with Gasteiger partial charge >= 0.3 is 0 Å². The standard InChI is InChI=1S/C16H23NO4S/c1-5-6-7-12(3)16(19)17-22(20,21)15-10-14(13(4)18)9-8-11(15)2/h8-10,12H,5-7H2,1-4H3,(H,17,19)/t12-/m0/s1.